The molecule has 0 spiro atoms. The van der Waals surface area contributed by atoms with Crippen LogP contribution >= 0.6 is 0 Å². The Labute approximate surface area is 42.9 Å². The molecule has 0 unspecified atom stereocenters. The minimum Gasteiger partial charge on any atom is -0.355 e. The number of carbonyl (C=O) groups is 1. The van der Waals surface area contributed by atoms with E-state index < -0.39 is 0 Å². The van der Waals surface area contributed by atoms with Crippen LogP contribution in [0.5, 0.6) is 0 Å². The SMILES string of the molecule is [CH]CNC(=O)CN. The van der Waals surface area contributed by atoms with Crippen LogP contribution in [0.1, 0.15) is 0 Å². The highest BCUT2D eigenvalue weighted by Crippen LogP contribution is 1.54. The van der Waals surface area contributed by atoms with Crippen molar-refractivity contribution in [2.45, 2.75) is 0 Å². The zero-order valence-electron chi connectivity index (χ0n) is 3.98. The lowest BCUT2D eigenvalue weighted by molar-refractivity contribution is -0.119. The Kier molecular flexibility index (Phi) is 3.32. The minimum absolute atomic E-state index is 0.0111. The predicted octanol–water partition coefficient (Wildman–Crippen LogP) is -1.23. The second kappa shape index (κ2) is 3.61. The van der Waals surface area contributed by atoms with Gasteiger partial charge in [0.25, 0.3) is 0 Å². The van der Waals surface area contributed by atoms with E-state index in [-0.39, 0.29) is 19.0 Å². The van der Waals surface area contributed by atoms with Crippen molar-refractivity contribution in [1.82, 2.24) is 5.32 Å². The maximum absolute atomic E-state index is 10.1. The molecule has 3 heteroatoms. The molecular formula is C4H8N2O. The van der Waals surface area contributed by atoms with Gasteiger partial charge in [-0.15, -0.1) is 0 Å². The Morgan fingerprint density at radius 1 is 1.86 bits per heavy atom. The molecule has 3 N–H and O–H groups in total. The third-order valence-corrected chi connectivity index (χ3v) is 0.485. The Bertz CT molecular complexity index is 62.7. The summed E-state index contributed by atoms with van der Waals surface area (Å²) in [5.41, 5.74) is 4.89. The summed E-state index contributed by atoms with van der Waals surface area (Å²) < 4.78 is 0. The molecule has 40 valence electrons. The second-order valence-electron chi connectivity index (χ2n) is 1.01. The van der Waals surface area contributed by atoms with E-state index in [1.54, 1.807) is 0 Å². The molecule has 2 radical (unpaired) electrons. The van der Waals surface area contributed by atoms with E-state index in [0.29, 0.717) is 0 Å². The van der Waals surface area contributed by atoms with Gasteiger partial charge in [0, 0.05) is 6.54 Å². The quantitative estimate of drug-likeness (QED) is 0.456. The minimum atomic E-state index is -0.220. The van der Waals surface area contributed by atoms with Crippen LogP contribution in [0.15, 0.2) is 0 Å². The van der Waals surface area contributed by atoms with Crippen LogP contribution in [0, 0.1) is 6.92 Å². The van der Waals surface area contributed by atoms with Gasteiger partial charge in [-0.2, -0.15) is 0 Å². The van der Waals surface area contributed by atoms with Crippen LogP contribution in [0.4, 0.5) is 0 Å². The lowest BCUT2D eigenvalue weighted by Gasteiger charge is -1.93. The number of hydrogen-bond donors (Lipinski definition) is 2. The van der Waals surface area contributed by atoms with Crippen molar-refractivity contribution in [1.29, 1.82) is 0 Å². The van der Waals surface area contributed by atoms with Crippen molar-refractivity contribution in [2.24, 2.45) is 5.73 Å². The average molecular weight is 100 g/mol. The number of nitrogens with one attached hydrogen (secondary N) is 1. The Morgan fingerprint density at radius 3 is 2.57 bits per heavy atom. The third-order valence-electron chi connectivity index (χ3n) is 0.485. The van der Waals surface area contributed by atoms with Crippen molar-refractivity contribution >= 4 is 5.91 Å². The molecule has 0 bridgehead atoms. The summed E-state index contributed by atoms with van der Waals surface area (Å²) in [6, 6.07) is 0. The molecule has 0 saturated carbocycles. The van der Waals surface area contributed by atoms with E-state index in [1.807, 2.05) is 0 Å². The highest BCUT2D eigenvalue weighted by Gasteiger charge is 1.88. The van der Waals surface area contributed by atoms with Gasteiger partial charge in [-0.1, -0.05) is 0 Å². The molecule has 0 aliphatic rings. The zero-order valence-corrected chi connectivity index (χ0v) is 3.98. The number of amides is 1. The average Bonchev–Trinajstić information content (AvgIpc) is 1.68. The van der Waals surface area contributed by atoms with Crippen molar-refractivity contribution < 1.29 is 4.79 Å². The number of nitrogens with two attached hydrogens (primary N) is 1. The molecule has 1 amide bonds. The first-order chi connectivity index (χ1) is 3.31. The number of rotatable bonds is 2. The fourth-order valence-electron chi connectivity index (χ4n) is 0.186. The Morgan fingerprint density at radius 2 is 2.43 bits per heavy atom. The molecule has 0 heterocycles. The van der Waals surface area contributed by atoms with Gasteiger partial charge < -0.3 is 11.1 Å². The molecule has 0 aromatic carbocycles. The van der Waals surface area contributed by atoms with Crippen molar-refractivity contribution in [3.63, 3.8) is 0 Å². The monoisotopic (exact) mass is 100 g/mol. The molecule has 0 aromatic rings. The molecule has 0 aliphatic heterocycles. The van der Waals surface area contributed by atoms with E-state index >= 15 is 0 Å². The first-order valence-corrected chi connectivity index (χ1v) is 1.98. The molecule has 0 aromatic heterocycles. The maximum atomic E-state index is 10.1. The lowest BCUT2D eigenvalue weighted by atomic mass is 10.6. The molecule has 0 fully saturated rings. The molecular weight excluding hydrogens is 92.1 g/mol. The van der Waals surface area contributed by atoms with E-state index in [9.17, 15) is 4.79 Å². The van der Waals surface area contributed by atoms with Crippen LogP contribution in [-0.4, -0.2) is 19.0 Å². The third kappa shape index (κ3) is 3.26. The van der Waals surface area contributed by atoms with Gasteiger partial charge in [-0.05, 0) is 6.92 Å². The van der Waals surface area contributed by atoms with Gasteiger partial charge >= 0.3 is 0 Å². The van der Waals surface area contributed by atoms with Gasteiger partial charge in [-0.3, -0.25) is 4.79 Å². The summed E-state index contributed by atoms with van der Waals surface area (Å²) in [6.45, 7) is 5.09. The van der Waals surface area contributed by atoms with Crippen LogP contribution < -0.4 is 11.1 Å². The van der Waals surface area contributed by atoms with Crippen molar-refractivity contribution in [3.05, 3.63) is 6.92 Å². The van der Waals surface area contributed by atoms with Gasteiger partial charge in [0.1, 0.15) is 0 Å². The van der Waals surface area contributed by atoms with Crippen LogP contribution in [-0.2, 0) is 4.79 Å². The second-order valence-corrected chi connectivity index (χ2v) is 1.01. The van der Waals surface area contributed by atoms with Crippen LogP contribution in [0.25, 0.3) is 0 Å². The first-order valence-electron chi connectivity index (χ1n) is 1.98. The normalized spacial score (nSPS) is 8.29. The van der Waals surface area contributed by atoms with Gasteiger partial charge in [0.05, 0.1) is 6.54 Å². The van der Waals surface area contributed by atoms with Crippen LogP contribution in [0.3, 0.4) is 0 Å². The van der Waals surface area contributed by atoms with Crippen molar-refractivity contribution in [2.75, 3.05) is 13.1 Å². The smallest absolute Gasteiger partial charge is 0.233 e. The lowest BCUT2D eigenvalue weighted by Crippen LogP contribution is -2.29. The van der Waals surface area contributed by atoms with Gasteiger partial charge in [-0.25, -0.2) is 0 Å². The van der Waals surface area contributed by atoms with Crippen molar-refractivity contribution in [3.8, 4) is 0 Å². The van der Waals surface area contributed by atoms with Crippen LogP contribution in [0.2, 0.25) is 0 Å². The van der Waals surface area contributed by atoms with Gasteiger partial charge in [0.15, 0.2) is 0 Å². The summed E-state index contributed by atoms with van der Waals surface area (Å²) in [5.74, 6) is -0.220. The molecule has 3 nitrogen and oxygen atoms in total. The molecule has 0 saturated heterocycles. The summed E-state index contributed by atoms with van der Waals surface area (Å²) in [6.07, 6.45) is 0. The molecule has 0 atom stereocenters. The maximum Gasteiger partial charge on any atom is 0.233 e. The summed E-state index contributed by atoms with van der Waals surface area (Å²) in [5, 5.41) is 2.31. The summed E-state index contributed by atoms with van der Waals surface area (Å²) >= 11 is 0. The highest BCUT2D eigenvalue weighted by molar-refractivity contribution is 5.77. The summed E-state index contributed by atoms with van der Waals surface area (Å²) in [7, 11) is 0. The molecule has 0 aliphatic carbocycles. The fraction of sp³-hybridized carbons (Fsp3) is 0.500. The zero-order chi connectivity index (χ0) is 5.70. The summed E-state index contributed by atoms with van der Waals surface area (Å²) in [4.78, 5) is 10.1. The van der Waals surface area contributed by atoms with E-state index in [1.165, 1.54) is 0 Å². The first kappa shape index (κ1) is 6.43. The number of carbonyl (C=O) groups excluding carboxylic acids is 1. The van der Waals surface area contributed by atoms with Gasteiger partial charge in [0.2, 0.25) is 5.91 Å². The fourth-order valence-corrected chi connectivity index (χ4v) is 0.186. The van der Waals surface area contributed by atoms with E-state index in [4.69, 9.17) is 12.7 Å². The topological polar surface area (TPSA) is 55.1 Å². The molecule has 0 rings (SSSR count). The number of hydrogen-bond acceptors (Lipinski definition) is 2. The van der Waals surface area contributed by atoms with E-state index in [0.717, 1.165) is 0 Å². The molecule has 7 heavy (non-hydrogen) atoms. The Hall–Kier alpha value is -0.570. The highest BCUT2D eigenvalue weighted by atomic mass is 16.1. The standard InChI is InChI=1S/C4H8N2O/c1-2-6-4(7)3-5/h1H,2-3,5H2,(H,6,7). The predicted molar refractivity (Wildman–Crippen MR) is 26.4 cm³/mol. The van der Waals surface area contributed by atoms with E-state index in [2.05, 4.69) is 5.32 Å². The largest absolute Gasteiger partial charge is 0.355 e. The Balaban J connectivity index is 3.00.